The van der Waals surface area contributed by atoms with Crippen LogP contribution in [0.15, 0.2) is 52.4 Å². The Balaban J connectivity index is 1.53. The van der Waals surface area contributed by atoms with E-state index in [0.29, 0.717) is 28.2 Å². The average Bonchev–Trinajstić information content (AvgIpc) is 3.10. The Morgan fingerprint density at radius 3 is 2.63 bits per heavy atom. The number of nitrogens with zero attached hydrogens (tertiary/aromatic N) is 3. The number of nitrogens with two attached hydrogens (primary N) is 1. The molecule has 2 heterocycles. The van der Waals surface area contributed by atoms with Crippen LogP contribution in [0.3, 0.4) is 0 Å². The first-order valence-electron chi connectivity index (χ1n) is 8.83. The van der Waals surface area contributed by atoms with E-state index in [-0.39, 0.29) is 11.5 Å². The highest BCUT2D eigenvalue weighted by Crippen LogP contribution is 2.25. The van der Waals surface area contributed by atoms with Gasteiger partial charge in [-0.25, -0.2) is 9.66 Å². The second-order valence-corrected chi connectivity index (χ2v) is 7.64. The molecule has 4 rings (SSSR count). The van der Waals surface area contributed by atoms with Crippen molar-refractivity contribution in [3.63, 3.8) is 0 Å². The van der Waals surface area contributed by atoms with Crippen molar-refractivity contribution in [2.75, 3.05) is 17.3 Å². The normalized spacial score (nSPS) is 14.3. The third-order valence-corrected chi connectivity index (χ3v) is 5.74. The van der Waals surface area contributed by atoms with Crippen molar-refractivity contribution in [3.8, 4) is 0 Å². The number of aryl methyl sites for hydroxylation is 1. The molecule has 1 amide bonds. The molecule has 2 N–H and O–H groups in total. The fourth-order valence-electron chi connectivity index (χ4n) is 3.24. The van der Waals surface area contributed by atoms with Crippen LogP contribution in [-0.4, -0.2) is 22.1 Å². The van der Waals surface area contributed by atoms with Gasteiger partial charge in [-0.15, -0.1) is 0 Å². The summed E-state index contributed by atoms with van der Waals surface area (Å²) in [7, 11) is 0. The van der Waals surface area contributed by atoms with Crippen LogP contribution >= 0.6 is 11.8 Å². The maximum absolute atomic E-state index is 12.5. The van der Waals surface area contributed by atoms with Gasteiger partial charge < -0.3 is 10.7 Å². The largest absolute Gasteiger partial charge is 0.334 e. The number of carbonyl (C=O) groups excluding carboxylic acids is 1. The quantitative estimate of drug-likeness (QED) is 0.428. The molecular formula is C20H20N4O2S. The second kappa shape index (κ2) is 7.08. The Morgan fingerprint density at radius 1 is 1.15 bits per heavy atom. The van der Waals surface area contributed by atoms with E-state index in [1.54, 1.807) is 6.07 Å². The number of benzene rings is 2. The molecule has 6 nitrogen and oxygen atoms in total. The lowest BCUT2D eigenvalue weighted by Crippen LogP contribution is -2.29. The van der Waals surface area contributed by atoms with Crippen molar-refractivity contribution < 1.29 is 4.79 Å². The summed E-state index contributed by atoms with van der Waals surface area (Å²) in [6, 6.07) is 13.5. The molecule has 1 aromatic heterocycles. The van der Waals surface area contributed by atoms with E-state index in [9.17, 15) is 9.59 Å². The van der Waals surface area contributed by atoms with Gasteiger partial charge in [0, 0.05) is 24.4 Å². The lowest BCUT2D eigenvalue weighted by atomic mass is 10.2. The monoisotopic (exact) mass is 380 g/mol. The van der Waals surface area contributed by atoms with E-state index in [1.807, 2.05) is 48.2 Å². The highest BCUT2D eigenvalue weighted by molar-refractivity contribution is 7.98. The zero-order valence-electron chi connectivity index (χ0n) is 15.0. The topological polar surface area (TPSA) is 81.2 Å². The van der Waals surface area contributed by atoms with Gasteiger partial charge in [-0.1, -0.05) is 35.5 Å². The fourth-order valence-corrected chi connectivity index (χ4v) is 4.11. The molecule has 3 aromatic rings. The molecule has 0 unspecified atom stereocenters. The SMILES string of the molecule is Cc1ccc2nc(SCc3ccc(N4CCCC4=O)cc3)n(N)c(=O)c2c1. The molecule has 138 valence electrons. The maximum Gasteiger partial charge on any atom is 0.280 e. The maximum atomic E-state index is 12.5. The van der Waals surface area contributed by atoms with E-state index in [0.717, 1.165) is 34.5 Å². The molecular weight excluding hydrogens is 360 g/mol. The minimum atomic E-state index is -0.242. The van der Waals surface area contributed by atoms with E-state index < -0.39 is 0 Å². The van der Waals surface area contributed by atoms with Gasteiger partial charge in [-0.3, -0.25) is 9.59 Å². The summed E-state index contributed by atoms with van der Waals surface area (Å²) in [5.41, 5.74) is 3.42. The van der Waals surface area contributed by atoms with Gasteiger partial charge in [0.2, 0.25) is 5.91 Å². The Hall–Kier alpha value is -2.80. The molecule has 7 heteroatoms. The number of thioether (sulfide) groups is 1. The third-order valence-electron chi connectivity index (χ3n) is 4.71. The van der Waals surface area contributed by atoms with Crippen LogP contribution in [0.25, 0.3) is 10.9 Å². The highest BCUT2D eigenvalue weighted by Gasteiger charge is 2.21. The third kappa shape index (κ3) is 3.42. The van der Waals surface area contributed by atoms with Gasteiger partial charge >= 0.3 is 0 Å². The van der Waals surface area contributed by atoms with E-state index in [1.165, 1.54) is 11.8 Å². The number of aromatic nitrogens is 2. The number of amides is 1. The summed E-state index contributed by atoms with van der Waals surface area (Å²) >= 11 is 1.42. The van der Waals surface area contributed by atoms with Crippen LogP contribution < -0.4 is 16.3 Å². The zero-order valence-corrected chi connectivity index (χ0v) is 15.8. The molecule has 0 atom stereocenters. The standard InChI is InChI=1S/C20H20N4O2S/c1-13-4-9-17-16(11-13)19(26)24(21)20(22-17)27-12-14-5-7-15(8-6-14)23-10-2-3-18(23)25/h4-9,11H,2-3,10,12,21H2,1H3. The smallest absolute Gasteiger partial charge is 0.280 e. The fraction of sp³-hybridized carbons (Fsp3) is 0.250. The number of carbonyl (C=O) groups is 1. The number of hydrogen-bond donors (Lipinski definition) is 1. The zero-order chi connectivity index (χ0) is 19.0. The molecule has 27 heavy (non-hydrogen) atoms. The predicted molar refractivity (Wildman–Crippen MR) is 108 cm³/mol. The van der Waals surface area contributed by atoms with Gasteiger partial charge in [0.15, 0.2) is 5.16 Å². The average molecular weight is 380 g/mol. The molecule has 2 aromatic carbocycles. The van der Waals surface area contributed by atoms with Crippen LogP contribution in [0.4, 0.5) is 5.69 Å². The minimum Gasteiger partial charge on any atom is -0.334 e. The number of rotatable bonds is 4. The van der Waals surface area contributed by atoms with Crippen LogP contribution in [0.1, 0.15) is 24.0 Å². The molecule has 1 saturated heterocycles. The van der Waals surface area contributed by atoms with E-state index >= 15 is 0 Å². The molecule has 0 bridgehead atoms. The molecule has 0 spiro atoms. The summed E-state index contributed by atoms with van der Waals surface area (Å²) in [5, 5.41) is 1.01. The number of hydrogen-bond acceptors (Lipinski definition) is 5. The van der Waals surface area contributed by atoms with Gasteiger partial charge in [-0.05, 0) is 43.2 Å². The van der Waals surface area contributed by atoms with Crippen molar-refractivity contribution in [1.29, 1.82) is 0 Å². The Labute approximate surface area is 161 Å². The molecule has 0 radical (unpaired) electrons. The van der Waals surface area contributed by atoms with Gasteiger partial charge in [0.1, 0.15) is 0 Å². The van der Waals surface area contributed by atoms with Crippen molar-refractivity contribution in [2.24, 2.45) is 0 Å². The summed E-state index contributed by atoms with van der Waals surface area (Å²) in [6.45, 7) is 2.72. The van der Waals surface area contributed by atoms with E-state index in [4.69, 9.17) is 5.84 Å². The minimum absolute atomic E-state index is 0.180. The molecule has 1 aliphatic rings. The van der Waals surface area contributed by atoms with Gasteiger partial charge in [-0.2, -0.15) is 0 Å². The lowest BCUT2D eigenvalue weighted by molar-refractivity contribution is -0.117. The summed E-state index contributed by atoms with van der Waals surface area (Å²) in [5.74, 6) is 6.78. The van der Waals surface area contributed by atoms with Crippen LogP contribution in [0, 0.1) is 6.92 Å². The van der Waals surface area contributed by atoms with Gasteiger partial charge in [0.25, 0.3) is 5.56 Å². The molecule has 1 aliphatic heterocycles. The number of fused-ring (bicyclic) bond motifs is 1. The Bertz CT molecular complexity index is 1080. The molecule has 0 saturated carbocycles. The van der Waals surface area contributed by atoms with Crippen LogP contribution in [0.2, 0.25) is 0 Å². The second-order valence-electron chi connectivity index (χ2n) is 6.69. The van der Waals surface area contributed by atoms with E-state index in [2.05, 4.69) is 4.98 Å². The van der Waals surface area contributed by atoms with Crippen molar-refractivity contribution in [2.45, 2.75) is 30.7 Å². The van der Waals surface area contributed by atoms with Crippen molar-refractivity contribution >= 4 is 34.3 Å². The molecule has 1 fully saturated rings. The number of nitrogen functional groups attached to an aromatic ring is 1. The summed E-state index contributed by atoms with van der Waals surface area (Å²) < 4.78 is 1.11. The first-order chi connectivity index (χ1) is 13.0. The van der Waals surface area contributed by atoms with Crippen molar-refractivity contribution in [1.82, 2.24) is 9.66 Å². The summed E-state index contributed by atoms with van der Waals surface area (Å²) in [6.07, 6.45) is 1.54. The van der Waals surface area contributed by atoms with Gasteiger partial charge in [0.05, 0.1) is 10.9 Å². The first-order valence-corrected chi connectivity index (χ1v) is 9.82. The van der Waals surface area contributed by atoms with Crippen LogP contribution in [0.5, 0.6) is 0 Å². The van der Waals surface area contributed by atoms with Crippen LogP contribution in [-0.2, 0) is 10.5 Å². The number of anilines is 1. The Morgan fingerprint density at radius 2 is 1.93 bits per heavy atom. The predicted octanol–water partition coefficient (Wildman–Crippen LogP) is 2.84. The molecule has 0 aliphatic carbocycles. The lowest BCUT2D eigenvalue weighted by Gasteiger charge is -2.16. The van der Waals surface area contributed by atoms with Crippen molar-refractivity contribution in [3.05, 3.63) is 63.9 Å². The summed E-state index contributed by atoms with van der Waals surface area (Å²) in [4.78, 5) is 30.7. The highest BCUT2D eigenvalue weighted by atomic mass is 32.2. The first kappa shape index (κ1) is 17.6. The Kier molecular flexibility index (Phi) is 4.61.